The van der Waals surface area contributed by atoms with Crippen molar-refractivity contribution in [1.29, 1.82) is 0 Å². The van der Waals surface area contributed by atoms with Crippen LogP contribution in [-0.4, -0.2) is 65.5 Å². The fourth-order valence-corrected chi connectivity index (χ4v) is 6.41. The number of nitrogens with one attached hydrogen (secondary N) is 1. The van der Waals surface area contributed by atoms with Crippen LogP contribution in [0, 0.1) is 6.92 Å². The van der Waals surface area contributed by atoms with Crippen molar-refractivity contribution in [1.82, 2.24) is 29.5 Å². The minimum atomic E-state index is -0.708. The summed E-state index contributed by atoms with van der Waals surface area (Å²) >= 11 is 0. The lowest BCUT2D eigenvalue weighted by Gasteiger charge is -2.30. The lowest BCUT2D eigenvalue weighted by molar-refractivity contribution is 0.0223. The van der Waals surface area contributed by atoms with Crippen molar-refractivity contribution in [2.24, 2.45) is 5.73 Å². The summed E-state index contributed by atoms with van der Waals surface area (Å²) in [6, 6.07) is 4.74. The molecule has 6 rings (SSSR count). The van der Waals surface area contributed by atoms with Crippen LogP contribution in [0.3, 0.4) is 0 Å². The van der Waals surface area contributed by atoms with Crippen LogP contribution in [0.25, 0.3) is 22.2 Å². The maximum Gasteiger partial charge on any atom is 0.435 e. The Morgan fingerprint density at radius 3 is 2.33 bits per heavy atom. The second-order valence-corrected chi connectivity index (χ2v) is 14.1. The number of pyridine rings is 1. The lowest BCUT2D eigenvalue weighted by Crippen LogP contribution is -2.37. The number of hydrogen-bond donors (Lipinski definition) is 2. The summed E-state index contributed by atoms with van der Waals surface area (Å²) in [6.45, 7) is 13.7. The molecule has 1 aromatic carbocycles. The Hall–Kier alpha value is -4.87. The maximum absolute atomic E-state index is 13.4. The third kappa shape index (κ3) is 5.91. The Morgan fingerprint density at radius 1 is 0.935 bits per heavy atom. The molecule has 242 valence electrons. The van der Waals surface area contributed by atoms with Gasteiger partial charge >= 0.3 is 18.2 Å². The molecule has 46 heavy (non-hydrogen) atoms. The Balaban J connectivity index is 1.50. The van der Waals surface area contributed by atoms with E-state index in [1.165, 1.54) is 0 Å². The topological polar surface area (TPSA) is 149 Å². The fourth-order valence-electron chi connectivity index (χ4n) is 6.41. The van der Waals surface area contributed by atoms with Crippen molar-refractivity contribution in [3.63, 3.8) is 0 Å². The van der Waals surface area contributed by atoms with Gasteiger partial charge in [-0.1, -0.05) is 0 Å². The standard InChI is InChI=1S/C34H41N7O5/c1-19-14-36-29-23(19)13-21(15-37-29)20-11-24(27-9-8-10-39(27)31(43)45-33(2,3)4)26-18-40(30(35)42)28(25(26)12-20)22-16-38-41(17-22)32(44)46-34(5,6)7/h11-17,27-28H,8-10,18H2,1-7H3,(H2,35,42)(H,36,37)/t27-,28+/m0/s1. The molecule has 1 fully saturated rings. The number of amides is 3. The van der Waals surface area contributed by atoms with Crippen LogP contribution in [0.15, 0.2) is 43.0 Å². The number of carbonyl (C=O) groups is 3. The summed E-state index contributed by atoms with van der Waals surface area (Å²) in [4.78, 5) is 50.5. The number of aryl methyl sites for hydroxylation is 1. The second-order valence-electron chi connectivity index (χ2n) is 14.1. The predicted octanol–water partition coefficient (Wildman–Crippen LogP) is 6.57. The minimum absolute atomic E-state index is 0.232. The Labute approximate surface area is 267 Å². The number of carbonyl (C=O) groups excluding carboxylic acids is 3. The molecule has 3 N–H and O–H groups in total. The van der Waals surface area contributed by atoms with Gasteiger partial charge in [0.05, 0.1) is 18.3 Å². The number of benzene rings is 1. The van der Waals surface area contributed by atoms with Crippen LogP contribution in [0.5, 0.6) is 0 Å². The molecule has 0 spiro atoms. The first kappa shape index (κ1) is 31.1. The predicted molar refractivity (Wildman–Crippen MR) is 172 cm³/mol. The van der Waals surface area contributed by atoms with Crippen LogP contribution >= 0.6 is 0 Å². The van der Waals surface area contributed by atoms with Crippen molar-refractivity contribution in [2.45, 2.75) is 91.1 Å². The number of aromatic amines is 1. The monoisotopic (exact) mass is 627 g/mol. The first-order valence-corrected chi connectivity index (χ1v) is 15.5. The fraction of sp³-hybridized carbons (Fsp3) is 0.441. The van der Waals surface area contributed by atoms with Crippen molar-refractivity contribution in [3.05, 3.63) is 70.8 Å². The largest absolute Gasteiger partial charge is 0.444 e. The molecule has 0 bridgehead atoms. The third-order valence-corrected chi connectivity index (χ3v) is 8.35. The summed E-state index contributed by atoms with van der Waals surface area (Å²) in [5, 5.41) is 5.28. The number of rotatable bonds is 3. The number of ether oxygens (including phenoxy) is 2. The van der Waals surface area contributed by atoms with Crippen LogP contribution < -0.4 is 5.73 Å². The Kier molecular flexibility index (Phi) is 7.57. The van der Waals surface area contributed by atoms with E-state index < -0.39 is 29.4 Å². The molecule has 3 amide bonds. The summed E-state index contributed by atoms with van der Waals surface area (Å²) < 4.78 is 12.5. The number of nitrogens with zero attached hydrogens (tertiary/aromatic N) is 5. The molecule has 12 nitrogen and oxygen atoms in total. The van der Waals surface area contributed by atoms with Gasteiger partial charge in [-0.3, -0.25) is 0 Å². The molecule has 0 radical (unpaired) electrons. The average molecular weight is 628 g/mol. The maximum atomic E-state index is 13.4. The van der Waals surface area contributed by atoms with E-state index in [2.05, 4.69) is 33.3 Å². The number of hydrogen-bond acceptors (Lipinski definition) is 7. The van der Waals surface area contributed by atoms with E-state index in [1.54, 1.807) is 43.0 Å². The van der Waals surface area contributed by atoms with E-state index in [9.17, 15) is 14.4 Å². The number of fused-ring (bicyclic) bond motifs is 2. The average Bonchev–Trinajstić information content (AvgIpc) is 3.75. The van der Waals surface area contributed by atoms with E-state index in [4.69, 9.17) is 15.2 Å². The second kappa shape index (κ2) is 11.2. The van der Waals surface area contributed by atoms with Gasteiger partial charge in [-0.05, 0) is 107 Å². The lowest BCUT2D eigenvalue weighted by atomic mass is 9.88. The normalized spacial score (nSPS) is 18.2. The van der Waals surface area contributed by atoms with E-state index in [0.717, 1.165) is 61.9 Å². The number of urea groups is 1. The molecule has 5 heterocycles. The van der Waals surface area contributed by atoms with Crippen molar-refractivity contribution in [3.8, 4) is 11.1 Å². The molecular weight excluding hydrogens is 586 g/mol. The summed E-state index contributed by atoms with van der Waals surface area (Å²) in [5.74, 6) is 0. The number of primary amides is 1. The Morgan fingerprint density at radius 2 is 1.63 bits per heavy atom. The molecule has 2 atom stereocenters. The highest BCUT2D eigenvalue weighted by atomic mass is 16.6. The van der Waals surface area contributed by atoms with Crippen LogP contribution in [0.4, 0.5) is 14.4 Å². The highest BCUT2D eigenvalue weighted by molar-refractivity contribution is 5.85. The van der Waals surface area contributed by atoms with Gasteiger partial charge in [0.25, 0.3) is 0 Å². The highest BCUT2D eigenvalue weighted by Gasteiger charge is 2.41. The van der Waals surface area contributed by atoms with Gasteiger partial charge in [0.2, 0.25) is 0 Å². The van der Waals surface area contributed by atoms with Crippen molar-refractivity contribution >= 4 is 29.3 Å². The van der Waals surface area contributed by atoms with E-state index in [-0.39, 0.29) is 18.7 Å². The zero-order chi connectivity index (χ0) is 33.1. The van der Waals surface area contributed by atoms with E-state index in [0.29, 0.717) is 12.1 Å². The first-order chi connectivity index (χ1) is 21.6. The molecule has 2 aliphatic heterocycles. The zero-order valence-corrected chi connectivity index (χ0v) is 27.4. The SMILES string of the molecule is Cc1c[nH]c2ncc(-c3cc4c(c([C@@H]5CCCN5C(=O)OC(C)(C)C)c3)CN(C(N)=O)[C@@H]4c3cnn(C(=O)OC(C)(C)C)c3)cc12. The van der Waals surface area contributed by atoms with Gasteiger partial charge < -0.3 is 30.0 Å². The molecule has 4 aromatic rings. The van der Waals surface area contributed by atoms with E-state index >= 15 is 0 Å². The summed E-state index contributed by atoms with van der Waals surface area (Å²) in [6.07, 6.45) is 7.43. The number of H-pyrrole nitrogens is 1. The molecular formula is C34H41N7O5. The van der Waals surface area contributed by atoms with Gasteiger partial charge in [0, 0.05) is 48.2 Å². The highest BCUT2D eigenvalue weighted by Crippen LogP contribution is 2.46. The van der Waals surface area contributed by atoms with Crippen LogP contribution in [0.2, 0.25) is 0 Å². The van der Waals surface area contributed by atoms with Gasteiger partial charge in [0.1, 0.15) is 16.8 Å². The molecule has 12 heteroatoms. The van der Waals surface area contributed by atoms with Crippen LogP contribution in [0.1, 0.15) is 94.3 Å². The first-order valence-electron chi connectivity index (χ1n) is 15.5. The van der Waals surface area contributed by atoms with Gasteiger partial charge in [-0.2, -0.15) is 9.78 Å². The molecule has 0 aliphatic carbocycles. The number of likely N-dealkylation sites (tertiary alicyclic amines) is 1. The van der Waals surface area contributed by atoms with Crippen molar-refractivity contribution < 1.29 is 23.9 Å². The van der Waals surface area contributed by atoms with E-state index in [1.807, 2.05) is 40.1 Å². The smallest absolute Gasteiger partial charge is 0.435 e. The molecule has 0 unspecified atom stereocenters. The summed E-state index contributed by atoms with van der Waals surface area (Å²) in [7, 11) is 0. The molecule has 1 saturated heterocycles. The summed E-state index contributed by atoms with van der Waals surface area (Å²) in [5.41, 5.74) is 11.6. The third-order valence-electron chi connectivity index (χ3n) is 8.35. The molecule has 0 saturated carbocycles. The Bertz CT molecular complexity index is 1840. The molecule has 3 aromatic heterocycles. The van der Waals surface area contributed by atoms with Crippen molar-refractivity contribution in [2.75, 3.05) is 6.54 Å². The van der Waals surface area contributed by atoms with Gasteiger partial charge in [-0.25, -0.2) is 19.4 Å². The van der Waals surface area contributed by atoms with Crippen LogP contribution in [-0.2, 0) is 16.0 Å². The van der Waals surface area contributed by atoms with Gasteiger partial charge in [0.15, 0.2) is 0 Å². The zero-order valence-electron chi connectivity index (χ0n) is 27.4. The minimum Gasteiger partial charge on any atom is -0.444 e. The quantitative estimate of drug-likeness (QED) is 0.261. The number of aromatic nitrogens is 4. The van der Waals surface area contributed by atoms with Gasteiger partial charge in [-0.15, -0.1) is 0 Å². The molecule has 2 aliphatic rings. The number of nitrogens with two attached hydrogens (primary N) is 1.